The van der Waals surface area contributed by atoms with Crippen molar-refractivity contribution >= 4 is 0 Å². The number of hydrogen-bond donors (Lipinski definition) is 0. The summed E-state index contributed by atoms with van der Waals surface area (Å²) in [6.07, 6.45) is -0.509. The minimum Gasteiger partial charge on any atom is -0.346 e. The van der Waals surface area contributed by atoms with Gasteiger partial charge in [-0.05, 0) is 6.92 Å². The van der Waals surface area contributed by atoms with Gasteiger partial charge in [-0.15, -0.1) is 0 Å². The molecule has 0 bridgehead atoms. The maximum absolute atomic E-state index is 5.42. The molecule has 3 atom stereocenters. The van der Waals surface area contributed by atoms with Crippen molar-refractivity contribution in [2.24, 2.45) is 0 Å². The SMILES string of the molecule is CC1COC2OCCOC2O1. The van der Waals surface area contributed by atoms with Crippen LogP contribution in [-0.4, -0.2) is 38.5 Å². The number of fused-ring (bicyclic) bond motifs is 1. The van der Waals surface area contributed by atoms with Crippen molar-refractivity contribution in [3.8, 4) is 0 Å². The number of ether oxygens (including phenoxy) is 4. The van der Waals surface area contributed by atoms with Crippen molar-refractivity contribution in [2.45, 2.75) is 25.6 Å². The Hall–Kier alpha value is -0.160. The fourth-order valence-corrected chi connectivity index (χ4v) is 1.21. The van der Waals surface area contributed by atoms with Crippen molar-refractivity contribution in [1.82, 2.24) is 0 Å². The van der Waals surface area contributed by atoms with Gasteiger partial charge in [-0.2, -0.15) is 0 Å². The van der Waals surface area contributed by atoms with Crippen LogP contribution < -0.4 is 0 Å². The first-order valence-corrected chi connectivity index (χ1v) is 3.86. The van der Waals surface area contributed by atoms with Crippen LogP contribution in [0.25, 0.3) is 0 Å². The van der Waals surface area contributed by atoms with E-state index >= 15 is 0 Å². The van der Waals surface area contributed by atoms with Gasteiger partial charge < -0.3 is 18.9 Å². The highest BCUT2D eigenvalue weighted by molar-refractivity contribution is 4.65. The molecule has 2 aliphatic rings. The first-order valence-electron chi connectivity index (χ1n) is 3.86. The van der Waals surface area contributed by atoms with E-state index in [9.17, 15) is 0 Å². The zero-order valence-electron chi connectivity index (χ0n) is 6.49. The van der Waals surface area contributed by atoms with Crippen LogP contribution in [0.15, 0.2) is 0 Å². The third kappa shape index (κ3) is 1.54. The Kier molecular flexibility index (Phi) is 2.09. The van der Waals surface area contributed by atoms with Gasteiger partial charge in [0.15, 0.2) is 0 Å². The van der Waals surface area contributed by atoms with Gasteiger partial charge in [0.1, 0.15) is 0 Å². The average Bonchev–Trinajstić information content (AvgIpc) is 2.04. The predicted molar refractivity (Wildman–Crippen MR) is 36.0 cm³/mol. The van der Waals surface area contributed by atoms with Crippen LogP contribution in [0.5, 0.6) is 0 Å². The minimum atomic E-state index is -0.313. The van der Waals surface area contributed by atoms with Crippen LogP contribution in [-0.2, 0) is 18.9 Å². The van der Waals surface area contributed by atoms with E-state index in [1.165, 1.54) is 0 Å². The van der Waals surface area contributed by atoms with Crippen LogP contribution in [0.1, 0.15) is 6.92 Å². The second kappa shape index (κ2) is 3.06. The Morgan fingerprint density at radius 2 is 1.73 bits per heavy atom. The molecule has 0 amide bonds. The molecule has 2 heterocycles. The highest BCUT2D eigenvalue weighted by Gasteiger charge is 2.34. The van der Waals surface area contributed by atoms with Crippen molar-refractivity contribution in [1.29, 1.82) is 0 Å². The maximum atomic E-state index is 5.42. The summed E-state index contributed by atoms with van der Waals surface area (Å²) in [7, 11) is 0. The van der Waals surface area contributed by atoms with Crippen molar-refractivity contribution in [3.05, 3.63) is 0 Å². The molecular formula is C7H12O4. The lowest BCUT2D eigenvalue weighted by atomic mass is 10.4. The lowest BCUT2D eigenvalue weighted by molar-refractivity contribution is -0.365. The molecule has 4 heteroatoms. The quantitative estimate of drug-likeness (QED) is 0.504. The lowest BCUT2D eigenvalue weighted by Gasteiger charge is -2.37. The van der Waals surface area contributed by atoms with Gasteiger partial charge >= 0.3 is 0 Å². The molecule has 0 aromatic rings. The van der Waals surface area contributed by atoms with Crippen LogP contribution in [0, 0.1) is 0 Å². The van der Waals surface area contributed by atoms with E-state index in [0.29, 0.717) is 19.8 Å². The zero-order valence-corrected chi connectivity index (χ0v) is 6.49. The van der Waals surface area contributed by atoms with Crippen LogP contribution in [0.2, 0.25) is 0 Å². The van der Waals surface area contributed by atoms with Crippen molar-refractivity contribution in [3.63, 3.8) is 0 Å². The average molecular weight is 160 g/mol. The summed E-state index contributed by atoms with van der Waals surface area (Å²) >= 11 is 0. The van der Waals surface area contributed by atoms with E-state index in [0.717, 1.165) is 0 Å². The van der Waals surface area contributed by atoms with E-state index in [4.69, 9.17) is 18.9 Å². The standard InChI is InChI=1S/C7H12O4/c1-5-4-10-6-7(11-5)9-3-2-8-6/h5-7H,2-4H2,1H3. The van der Waals surface area contributed by atoms with Crippen LogP contribution in [0.3, 0.4) is 0 Å². The molecule has 2 aliphatic heterocycles. The maximum Gasteiger partial charge on any atom is 0.209 e. The molecule has 64 valence electrons. The number of hydrogen-bond acceptors (Lipinski definition) is 4. The summed E-state index contributed by atoms with van der Waals surface area (Å²) in [4.78, 5) is 0. The fraction of sp³-hybridized carbons (Fsp3) is 1.00. The normalized spacial score (nSPS) is 45.0. The minimum absolute atomic E-state index is 0.109. The van der Waals surface area contributed by atoms with E-state index in [2.05, 4.69) is 0 Å². The van der Waals surface area contributed by atoms with Gasteiger partial charge in [-0.3, -0.25) is 0 Å². The summed E-state index contributed by atoms with van der Waals surface area (Å²) in [5.74, 6) is 0. The summed E-state index contributed by atoms with van der Waals surface area (Å²) < 4.78 is 21.3. The molecule has 2 saturated heterocycles. The third-order valence-corrected chi connectivity index (χ3v) is 1.73. The van der Waals surface area contributed by atoms with Crippen molar-refractivity contribution in [2.75, 3.05) is 19.8 Å². The molecule has 0 N–H and O–H groups in total. The van der Waals surface area contributed by atoms with E-state index in [1.807, 2.05) is 6.92 Å². The molecule has 3 unspecified atom stereocenters. The molecule has 2 fully saturated rings. The van der Waals surface area contributed by atoms with Gasteiger partial charge in [-0.1, -0.05) is 0 Å². The molecule has 2 rings (SSSR count). The molecule has 0 radical (unpaired) electrons. The topological polar surface area (TPSA) is 36.9 Å². The van der Waals surface area contributed by atoms with Crippen LogP contribution >= 0.6 is 0 Å². The Balaban J connectivity index is 1.93. The molecular weight excluding hydrogens is 148 g/mol. The Labute approximate surface area is 65.4 Å². The van der Waals surface area contributed by atoms with E-state index in [1.54, 1.807) is 0 Å². The van der Waals surface area contributed by atoms with Gasteiger partial charge in [0, 0.05) is 0 Å². The molecule has 4 nitrogen and oxygen atoms in total. The highest BCUT2D eigenvalue weighted by Crippen LogP contribution is 2.19. The summed E-state index contributed by atoms with van der Waals surface area (Å²) in [6.45, 7) is 3.73. The lowest BCUT2D eigenvalue weighted by Crippen LogP contribution is -2.49. The second-order valence-electron chi connectivity index (χ2n) is 2.76. The Morgan fingerprint density at radius 3 is 2.55 bits per heavy atom. The third-order valence-electron chi connectivity index (χ3n) is 1.73. The number of rotatable bonds is 0. The van der Waals surface area contributed by atoms with Crippen molar-refractivity contribution < 1.29 is 18.9 Å². The van der Waals surface area contributed by atoms with E-state index in [-0.39, 0.29) is 18.7 Å². The first kappa shape index (κ1) is 7.49. The Bertz CT molecular complexity index is 138. The smallest absolute Gasteiger partial charge is 0.209 e. The summed E-state index contributed by atoms with van der Waals surface area (Å²) in [5, 5.41) is 0. The molecule has 0 saturated carbocycles. The largest absolute Gasteiger partial charge is 0.346 e. The molecule has 0 aromatic carbocycles. The Morgan fingerprint density at radius 1 is 1.00 bits per heavy atom. The second-order valence-corrected chi connectivity index (χ2v) is 2.76. The van der Waals surface area contributed by atoms with Gasteiger partial charge in [0.25, 0.3) is 0 Å². The molecule has 11 heavy (non-hydrogen) atoms. The van der Waals surface area contributed by atoms with Crippen LogP contribution in [0.4, 0.5) is 0 Å². The summed E-state index contributed by atoms with van der Waals surface area (Å²) in [5.41, 5.74) is 0. The van der Waals surface area contributed by atoms with Gasteiger partial charge in [0.2, 0.25) is 12.6 Å². The van der Waals surface area contributed by atoms with Gasteiger partial charge in [-0.25, -0.2) is 0 Å². The molecule has 0 aliphatic carbocycles. The molecule has 0 spiro atoms. The van der Waals surface area contributed by atoms with Gasteiger partial charge in [0.05, 0.1) is 25.9 Å². The monoisotopic (exact) mass is 160 g/mol. The molecule has 0 aromatic heterocycles. The zero-order chi connectivity index (χ0) is 7.68. The first-order chi connectivity index (χ1) is 5.36. The fourth-order valence-electron chi connectivity index (χ4n) is 1.21. The predicted octanol–water partition coefficient (Wildman–Crippen LogP) is 0.121. The van der Waals surface area contributed by atoms with E-state index < -0.39 is 0 Å². The highest BCUT2D eigenvalue weighted by atomic mass is 16.8. The summed E-state index contributed by atoms with van der Waals surface area (Å²) in [6, 6.07) is 0.